The minimum atomic E-state index is 0.0122. The molecule has 0 saturated heterocycles. The van der Waals surface area contributed by atoms with Crippen LogP contribution in [0, 0.1) is 12.8 Å². The van der Waals surface area contributed by atoms with E-state index >= 15 is 0 Å². The van der Waals surface area contributed by atoms with E-state index in [1.165, 1.54) is 0 Å². The first-order valence-electron chi connectivity index (χ1n) is 8.02. The number of hydrogen-bond donors (Lipinski definition) is 1. The summed E-state index contributed by atoms with van der Waals surface area (Å²) in [6.45, 7) is 2.36. The highest BCUT2D eigenvalue weighted by Gasteiger charge is 2.30. The number of fused-ring (bicyclic) bond motifs is 1. The molecular weight excluding hydrogens is 320 g/mol. The third-order valence-electron chi connectivity index (χ3n) is 4.19. The standard InChI is InChI=1S/C18H16N4O3/c1-11-2-5-13(25-10-23)8-14(11)15-6-7-17-19-16(9-22(17)21-15)20-18(24)12-3-4-12/h2,5-10,12H,3-4H2,1H3,(H,20,24). The van der Waals surface area contributed by atoms with E-state index < -0.39 is 0 Å². The predicted octanol–water partition coefficient (Wildman–Crippen LogP) is 2.59. The SMILES string of the molecule is Cc1ccc(OC=O)cc1-c1ccc2nc(NC(=O)C3CC3)cn2n1. The molecule has 4 rings (SSSR count). The number of carbonyl (C=O) groups excluding carboxylic acids is 2. The molecule has 1 aromatic carbocycles. The van der Waals surface area contributed by atoms with Crippen molar-refractivity contribution < 1.29 is 14.3 Å². The van der Waals surface area contributed by atoms with Crippen molar-refractivity contribution in [2.45, 2.75) is 19.8 Å². The average Bonchev–Trinajstić information content (AvgIpc) is 3.37. The van der Waals surface area contributed by atoms with E-state index in [9.17, 15) is 9.59 Å². The number of rotatable bonds is 5. The number of ether oxygens (including phenoxy) is 1. The number of benzene rings is 1. The van der Waals surface area contributed by atoms with Crippen LogP contribution < -0.4 is 10.1 Å². The summed E-state index contributed by atoms with van der Waals surface area (Å²) in [4.78, 5) is 26.8. The van der Waals surface area contributed by atoms with Gasteiger partial charge in [0.25, 0.3) is 6.47 Å². The summed E-state index contributed by atoms with van der Waals surface area (Å²) in [5, 5.41) is 7.37. The van der Waals surface area contributed by atoms with Crippen LogP contribution in [0.25, 0.3) is 16.9 Å². The van der Waals surface area contributed by atoms with Crippen LogP contribution in [0.5, 0.6) is 5.75 Å². The molecule has 1 amide bonds. The Bertz CT molecular complexity index is 976. The molecule has 1 saturated carbocycles. The Kier molecular flexibility index (Phi) is 3.68. The van der Waals surface area contributed by atoms with E-state index in [0.717, 1.165) is 29.7 Å². The molecule has 1 aliphatic carbocycles. The van der Waals surface area contributed by atoms with Crippen molar-refractivity contribution in [2.24, 2.45) is 5.92 Å². The van der Waals surface area contributed by atoms with E-state index in [1.807, 2.05) is 25.1 Å². The number of hydrogen-bond acceptors (Lipinski definition) is 5. The lowest BCUT2D eigenvalue weighted by Gasteiger charge is -2.07. The number of aromatic nitrogens is 3. The topological polar surface area (TPSA) is 85.6 Å². The fraction of sp³-hybridized carbons (Fsp3) is 0.222. The molecule has 0 spiro atoms. The molecule has 2 heterocycles. The van der Waals surface area contributed by atoms with E-state index in [0.29, 0.717) is 23.7 Å². The van der Waals surface area contributed by atoms with Crippen LogP contribution in [0.4, 0.5) is 5.82 Å². The molecule has 0 radical (unpaired) electrons. The summed E-state index contributed by atoms with van der Waals surface area (Å²) in [7, 11) is 0. The fourth-order valence-corrected chi connectivity index (χ4v) is 2.67. The highest BCUT2D eigenvalue weighted by molar-refractivity contribution is 5.93. The molecule has 7 heteroatoms. The van der Waals surface area contributed by atoms with Crippen molar-refractivity contribution in [3.63, 3.8) is 0 Å². The Labute approximate surface area is 143 Å². The first-order chi connectivity index (χ1) is 12.1. The van der Waals surface area contributed by atoms with E-state index in [4.69, 9.17) is 4.74 Å². The monoisotopic (exact) mass is 336 g/mol. The number of nitrogens with one attached hydrogen (secondary N) is 1. The van der Waals surface area contributed by atoms with Gasteiger partial charge in [-0.05, 0) is 49.6 Å². The van der Waals surface area contributed by atoms with Crippen molar-refractivity contribution in [1.29, 1.82) is 0 Å². The summed E-state index contributed by atoms with van der Waals surface area (Å²) < 4.78 is 6.54. The Balaban J connectivity index is 1.67. The van der Waals surface area contributed by atoms with Crippen molar-refractivity contribution in [2.75, 3.05) is 5.32 Å². The fourth-order valence-electron chi connectivity index (χ4n) is 2.67. The molecule has 0 atom stereocenters. The minimum absolute atomic E-state index is 0.0122. The number of carbonyl (C=O) groups is 2. The number of amides is 1. The lowest BCUT2D eigenvalue weighted by atomic mass is 10.1. The Morgan fingerprint density at radius 3 is 2.92 bits per heavy atom. The smallest absolute Gasteiger partial charge is 0.298 e. The maximum Gasteiger partial charge on any atom is 0.298 e. The Morgan fingerprint density at radius 1 is 1.32 bits per heavy atom. The van der Waals surface area contributed by atoms with Gasteiger partial charge >= 0.3 is 0 Å². The van der Waals surface area contributed by atoms with Crippen LogP contribution in [0.15, 0.2) is 36.5 Å². The zero-order valence-electron chi connectivity index (χ0n) is 13.6. The molecule has 2 aromatic heterocycles. The Morgan fingerprint density at radius 2 is 2.16 bits per heavy atom. The maximum absolute atomic E-state index is 11.9. The van der Waals surface area contributed by atoms with Gasteiger partial charge in [-0.3, -0.25) is 9.59 Å². The van der Waals surface area contributed by atoms with Crippen molar-refractivity contribution in [1.82, 2.24) is 14.6 Å². The molecule has 7 nitrogen and oxygen atoms in total. The molecule has 126 valence electrons. The van der Waals surface area contributed by atoms with Crippen molar-refractivity contribution in [3.8, 4) is 17.0 Å². The van der Waals surface area contributed by atoms with Gasteiger partial charge in [0.05, 0.1) is 11.9 Å². The molecule has 3 aromatic rings. The third kappa shape index (κ3) is 3.08. The van der Waals surface area contributed by atoms with Gasteiger partial charge in [0.15, 0.2) is 11.5 Å². The minimum Gasteiger partial charge on any atom is -0.429 e. The van der Waals surface area contributed by atoms with Crippen molar-refractivity contribution >= 4 is 23.8 Å². The average molecular weight is 336 g/mol. The largest absolute Gasteiger partial charge is 0.429 e. The zero-order chi connectivity index (χ0) is 17.4. The van der Waals surface area contributed by atoms with E-state index in [-0.39, 0.29) is 11.8 Å². The molecule has 25 heavy (non-hydrogen) atoms. The molecular formula is C18H16N4O3. The predicted molar refractivity (Wildman–Crippen MR) is 91.2 cm³/mol. The lowest BCUT2D eigenvalue weighted by molar-refractivity contribution is -0.120. The summed E-state index contributed by atoms with van der Waals surface area (Å²) >= 11 is 0. The van der Waals surface area contributed by atoms with Crippen LogP contribution in [-0.2, 0) is 9.59 Å². The van der Waals surface area contributed by atoms with Gasteiger partial charge in [-0.1, -0.05) is 6.07 Å². The first-order valence-corrected chi connectivity index (χ1v) is 8.02. The second-order valence-electron chi connectivity index (χ2n) is 6.10. The Hall–Kier alpha value is -3.22. The molecule has 0 unspecified atom stereocenters. The van der Waals surface area contributed by atoms with Gasteiger partial charge in [-0.15, -0.1) is 0 Å². The molecule has 1 aliphatic rings. The van der Waals surface area contributed by atoms with Gasteiger partial charge in [0.2, 0.25) is 5.91 Å². The van der Waals surface area contributed by atoms with Gasteiger partial charge in [-0.25, -0.2) is 9.50 Å². The van der Waals surface area contributed by atoms with Gasteiger partial charge in [0, 0.05) is 11.5 Å². The maximum atomic E-state index is 11.9. The summed E-state index contributed by atoms with van der Waals surface area (Å²) in [6.07, 6.45) is 3.58. The number of imidazole rings is 1. The molecule has 1 fully saturated rings. The second-order valence-corrected chi connectivity index (χ2v) is 6.10. The lowest BCUT2D eigenvalue weighted by Crippen LogP contribution is -2.13. The van der Waals surface area contributed by atoms with E-state index in [1.54, 1.807) is 22.8 Å². The second kappa shape index (κ2) is 6.01. The van der Waals surface area contributed by atoms with Crippen LogP contribution in [-0.4, -0.2) is 27.0 Å². The zero-order valence-corrected chi connectivity index (χ0v) is 13.6. The van der Waals surface area contributed by atoms with E-state index in [2.05, 4.69) is 15.4 Å². The summed E-state index contributed by atoms with van der Waals surface area (Å²) in [5.74, 6) is 1.09. The summed E-state index contributed by atoms with van der Waals surface area (Å²) in [5.41, 5.74) is 3.23. The quantitative estimate of drug-likeness (QED) is 0.724. The number of aryl methyl sites for hydroxylation is 1. The third-order valence-corrected chi connectivity index (χ3v) is 4.19. The van der Waals surface area contributed by atoms with Crippen LogP contribution in [0.3, 0.4) is 0 Å². The highest BCUT2D eigenvalue weighted by atomic mass is 16.5. The number of nitrogens with zero attached hydrogens (tertiary/aromatic N) is 3. The normalized spacial score (nSPS) is 13.6. The molecule has 0 aliphatic heterocycles. The van der Waals surface area contributed by atoms with Crippen LogP contribution in [0.2, 0.25) is 0 Å². The van der Waals surface area contributed by atoms with Gasteiger partial charge < -0.3 is 10.1 Å². The van der Waals surface area contributed by atoms with Gasteiger partial charge in [0.1, 0.15) is 5.75 Å². The van der Waals surface area contributed by atoms with Crippen molar-refractivity contribution in [3.05, 3.63) is 42.1 Å². The molecule has 0 bridgehead atoms. The van der Waals surface area contributed by atoms with Crippen LogP contribution in [0.1, 0.15) is 18.4 Å². The number of anilines is 1. The highest BCUT2D eigenvalue weighted by Crippen LogP contribution is 2.30. The molecule has 1 N–H and O–H groups in total. The first kappa shape index (κ1) is 15.3. The summed E-state index contributed by atoms with van der Waals surface area (Å²) in [6, 6.07) is 9.05. The van der Waals surface area contributed by atoms with Crippen LogP contribution >= 0.6 is 0 Å². The van der Waals surface area contributed by atoms with Gasteiger partial charge in [-0.2, -0.15) is 5.10 Å².